The summed E-state index contributed by atoms with van der Waals surface area (Å²) in [6, 6.07) is 14.8. The highest BCUT2D eigenvalue weighted by Crippen LogP contribution is 2.26. The Morgan fingerprint density at radius 1 is 1.16 bits per heavy atom. The van der Waals surface area contributed by atoms with E-state index < -0.39 is 0 Å². The number of carbonyl (C=O) groups excluding carboxylic acids is 2. The van der Waals surface area contributed by atoms with Crippen LogP contribution in [0.25, 0.3) is 11.0 Å². The first-order valence-electron chi connectivity index (χ1n) is 7.95. The van der Waals surface area contributed by atoms with E-state index in [1.807, 2.05) is 42.8 Å². The Bertz CT molecular complexity index is 949. The Morgan fingerprint density at radius 2 is 1.92 bits per heavy atom. The van der Waals surface area contributed by atoms with Gasteiger partial charge in [0.2, 0.25) is 5.91 Å². The highest BCUT2D eigenvalue weighted by Gasteiger charge is 2.18. The predicted molar refractivity (Wildman–Crippen MR) is 101 cm³/mol. The maximum absolute atomic E-state index is 12.5. The molecule has 1 N–H and O–H groups in total. The number of ketones is 1. The molecule has 0 fully saturated rings. The van der Waals surface area contributed by atoms with Crippen molar-refractivity contribution < 1.29 is 9.59 Å². The standard InChI is InChI=1S/C19H19N3O2S/c1-12(23)14-7-6-8-15(11-14)20-18(24)13(2)25-19-21-16-9-4-5-10-17(16)22(19)3/h4-11,13H,1-3H3,(H,20,24). The molecule has 0 saturated carbocycles. The third kappa shape index (κ3) is 3.74. The zero-order valence-electron chi connectivity index (χ0n) is 14.3. The lowest BCUT2D eigenvalue weighted by molar-refractivity contribution is -0.115. The molecule has 0 saturated heterocycles. The summed E-state index contributed by atoms with van der Waals surface area (Å²) in [6.45, 7) is 3.35. The number of benzene rings is 2. The molecule has 0 aliphatic carbocycles. The molecule has 1 aromatic heterocycles. The minimum absolute atomic E-state index is 0.0294. The van der Waals surface area contributed by atoms with Gasteiger partial charge >= 0.3 is 0 Å². The lowest BCUT2D eigenvalue weighted by Gasteiger charge is -2.12. The fraction of sp³-hybridized carbons (Fsp3) is 0.211. The van der Waals surface area contributed by atoms with E-state index in [4.69, 9.17) is 0 Å². The van der Waals surface area contributed by atoms with Crippen LogP contribution in [-0.4, -0.2) is 26.5 Å². The number of thioether (sulfide) groups is 1. The van der Waals surface area contributed by atoms with Crippen LogP contribution >= 0.6 is 11.8 Å². The lowest BCUT2D eigenvalue weighted by atomic mass is 10.1. The second-order valence-corrected chi connectivity index (χ2v) is 7.14. The molecule has 1 unspecified atom stereocenters. The molecule has 0 aliphatic rings. The van der Waals surface area contributed by atoms with E-state index in [-0.39, 0.29) is 16.9 Å². The molecular weight excluding hydrogens is 334 g/mol. The summed E-state index contributed by atoms with van der Waals surface area (Å²) in [6.07, 6.45) is 0. The van der Waals surface area contributed by atoms with Crippen LogP contribution in [0.3, 0.4) is 0 Å². The maximum Gasteiger partial charge on any atom is 0.237 e. The summed E-state index contributed by atoms with van der Waals surface area (Å²) < 4.78 is 1.99. The van der Waals surface area contributed by atoms with E-state index in [0.29, 0.717) is 11.3 Å². The fourth-order valence-corrected chi connectivity index (χ4v) is 3.39. The van der Waals surface area contributed by atoms with Crippen LogP contribution in [0.2, 0.25) is 0 Å². The highest BCUT2D eigenvalue weighted by atomic mass is 32.2. The summed E-state index contributed by atoms with van der Waals surface area (Å²) in [5.41, 5.74) is 3.14. The van der Waals surface area contributed by atoms with Gasteiger partial charge in [-0.25, -0.2) is 4.98 Å². The van der Waals surface area contributed by atoms with Crippen LogP contribution < -0.4 is 5.32 Å². The molecule has 3 aromatic rings. The molecule has 2 aromatic carbocycles. The summed E-state index contributed by atoms with van der Waals surface area (Å²) in [5.74, 6) is -0.156. The van der Waals surface area contributed by atoms with Gasteiger partial charge in [0, 0.05) is 18.3 Å². The van der Waals surface area contributed by atoms with E-state index in [9.17, 15) is 9.59 Å². The Morgan fingerprint density at radius 3 is 2.64 bits per heavy atom. The number of fused-ring (bicyclic) bond motifs is 1. The zero-order chi connectivity index (χ0) is 18.0. The molecule has 1 atom stereocenters. The van der Waals surface area contributed by atoms with Gasteiger partial charge in [-0.1, -0.05) is 36.0 Å². The first-order chi connectivity index (χ1) is 12.0. The molecular formula is C19H19N3O2S. The van der Waals surface area contributed by atoms with Crippen molar-refractivity contribution in [2.45, 2.75) is 24.3 Å². The number of aromatic nitrogens is 2. The van der Waals surface area contributed by atoms with Crippen molar-refractivity contribution in [2.24, 2.45) is 7.05 Å². The fourth-order valence-electron chi connectivity index (χ4n) is 2.50. The van der Waals surface area contributed by atoms with E-state index in [2.05, 4.69) is 10.3 Å². The summed E-state index contributed by atoms with van der Waals surface area (Å²) >= 11 is 1.41. The number of rotatable bonds is 5. The molecule has 1 amide bonds. The van der Waals surface area contributed by atoms with E-state index in [1.54, 1.807) is 24.3 Å². The maximum atomic E-state index is 12.5. The van der Waals surface area contributed by atoms with E-state index >= 15 is 0 Å². The molecule has 25 heavy (non-hydrogen) atoms. The average Bonchev–Trinajstić information content (AvgIpc) is 2.91. The molecule has 0 radical (unpaired) electrons. The summed E-state index contributed by atoms with van der Waals surface area (Å²) in [7, 11) is 1.94. The first-order valence-corrected chi connectivity index (χ1v) is 8.83. The minimum atomic E-state index is -0.323. The lowest BCUT2D eigenvalue weighted by Crippen LogP contribution is -2.23. The monoisotopic (exact) mass is 353 g/mol. The van der Waals surface area contributed by atoms with Crippen LogP contribution in [0.1, 0.15) is 24.2 Å². The number of aryl methyl sites for hydroxylation is 1. The quantitative estimate of drug-likeness (QED) is 0.558. The van der Waals surface area contributed by atoms with E-state index in [1.165, 1.54) is 18.7 Å². The average molecular weight is 353 g/mol. The largest absolute Gasteiger partial charge is 0.325 e. The van der Waals surface area contributed by atoms with Crippen LogP contribution in [-0.2, 0) is 11.8 Å². The van der Waals surface area contributed by atoms with Gasteiger partial charge in [-0.05, 0) is 38.1 Å². The van der Waals surface area contributed by atoms with Gasteiger partial charge in [-0.3, -0.25) is 9.59 Å². The van der Waals surface area contributed by atoms with Gasteiger partial charge < -0.3 is 9.88 Å². The number of nitrogens with one attached hydrogen (secondary N) is 1. The van der Waals surface area contributed by atoms with Crippen molar-refractivity contribution in [3.8, 4) is 0 Å². The molecule has 0 aliphatic heterocycles. The van der Waals surface area contributed by atoms with Crippen molar-refractivity contribution in [3.05, 3.63) is 54.1 Å². The number of Topliss-reactive ketones (excluding diaryl/α,β-unsaturated/α-hetero) is 1. The molecule has 3 rings (SSSR count). The van der Waals surface area contributed by atoms with Gasteiger partial charge in [0.25, 0.3) is 0 Å². The SMILES string of the molecule is CC(=O)c1cccc(NC(=O)C(C)Sc2nc3ccccc3n2C)c1. The van der Waals surface area contributed by atoms with Gasteiger partial charge in [0.15, 0.2) is 10.9 Å². The second kappa shape index (κ2) is 7.11. The number of para-hydroxylation sites is 2. The topological polar surface area (TPSA) is 64.0 Å². The molecule has 1 heterocycles. The van der Waals surface area contributed by atoms with Gasteiger partial charge in [0.1, 0.15) is 0 Å². The van der Waals surface area contributed by atoms with Crippen molar-refractivity contribution in [1.29, 1.82) is 0 Å². The number of amides is 1. The number of carbonyl (C=O) groups is 2. The smallest absolute Gasteiger partial charge is 0.237 e. The number of imidazole rings is 1. The Hall–Kier alpha value is -2.60. The van der Waals surface area contributed by atoms with Crippen molar-refractivity contribution >= 4 is 40.2 Å². The van der Waals surface area contributed by atoms with Crippen LogP contribution in [0.4, 0.5) is 5.69 Å². The third-order valence-corrected chi connectivity index (χ3v) is 5.08. The number of nitrogens with zero attached hydrogens (tertiary/aromatic N) is 2. The van der Waals surface area contributed by atoms with Crippen LogP contribution in [0.15, 0.2) is 53.7 Å². The Kier molecular flexibility index (Phi) is 4.90. The third-order valence-electron chi connectivity index (χ3n) is 3.93. The number of hydrogen-bond acceptors (Lipinski definition) is 4. The first kappa shape index (κ1) is 17.2. The molecule has 128 valence electrons. The van der Waals surface area contributed by atoms with Crippen molar-refractivity contribution in [2.75, 3.05) is 5.32 Å². The van der Waals surface area contributed by atoms with Crippen LogP contribution in [0, 0.1) is 0 Å². The molecule has 0 bridgehead atoms. The molecule has 0 spiro atoms. The zero-order valence-corrected chi connectivity index (χ0v) is 15.1. The van der Waals surface area contributed by atoms with Crippen molar-refractivity contribution in [3.63, 3.8) is 0 Å². The molecule has 5 nitrogen and oxygen atoms in total. The predicted octanol–water partition coefficient (Wildman–Crippen LogP) is 3.90. The summed E-state index contributed by atoms with van der Waals surface area (Å²) in [5, 5.41) is 3.33. The van der Waals surface area contributed by atoms with Gasteiger partial charge in [-0.15, -0.1) is 0 Å². The Balaban J connectivity index is 1.73. The number of anilines is 1. The summed E-state index contributed by atoms with van der Waals surface area (Å²) in [4.78, 5) is 28.5. The number of hydrogen-bond donors (Lipinski definition) is 1. The molecule has 6 heteroatoms. The Labute approximate surface area is 150 Å². The normalized spacial score (nSPS) is 12.1. The van der Waals surface area contributed by atoms with Crippen molar-refractivity contribution in [1.82, 2.24) is 9.55 Å². The van der Waals surface area contributed by atoms with Gasteiger partial charge in [-0.2, -0.15) is 0 Å². The van der Waals surface area contributed by atoms with Crippen LogP contribution in [0.5, 0.6) is 0 Å². The van der Waals surface area contributed by atoms with E-state index in [0.717, 1.165) is 16.2 Å². The van der Waals surface area contributed by atoms with Gasteiger partial charge in [0.05, 0.1) is 16.3 Å². The second-order valence-electron chi connectivity index (χ2n) is 5.83. The minimum Gasteiger partial charge on any atom is -0.325 e. The highest BCUT2D eigenvalue weighted by molar-refractivity contribution is 8.00.